The molecule has 3 rings (SSSR count). The first-order chi connectivity index (χ1) is 13.2. The summed E-state index contributed by atoms with van der Waals surface area (Å²) in [6.45, 7) is 1.95. The van der Waals surface area contributed by atoms with Gasteiger partial charge in [-0.05, 0) is 25.3 Å². The Balaban J connectivity index is 1.69. The molecule has 28 heavy (non-hydrogen) atoms. The van der Waals surface area contributed by atoms with Gasteiger partial charge >= 0.3 is 0 Å². The summed E-state index contributed by atoms with van der Waals surface area (Å²) in [5.74, 6) is -0.477. The van der Waals surface area contributed by atoms with Gasteiger partial charge in [0.2, 0.25) is 15.9 Å². The molecular weight excluding hydrogens is 386 g/mol. The number of hydrogen-bond acceptors (Lipinski definition) is 6. The van der Waals surface area contributed by atoms with Gasteiger partial charge in [-0.3, -0.25) is 19.6 Å². The zero-order chi connectivity index (χ0) is 20.5. The molecule has 0 saturated carbocycles. The zero-order valence-electron chi connectivity index (χ0n) is 15.5. The van der Waals surface area contributed by atoms with Gasteiger partial charge in [-0.2, -0.15) is 9.40 Å². The molecule has 2 heterocycles. The smallest absolute Gasteiger partial charge is 0.270 e. The predicted molar refractivity (Wildman–Crippen MR) is 101 cm³/mol. The number of amides is 1. The minimum Gasteiger partial charge on any atom is -0.323 e. The van der Waals surface area contributed by atoms with Crippen molar-refractivity contribution in [3.63, 3.8) is 0 Å². The number of non-ortho nitro benzene ring substituents is 1. The lowest BCUT2D eigenvalue weighted by molar-refractivity contribution is -0.385. The molecule has 0 unspecified atom stereocenters. The molecule has 0 spiro atoms. The molecule has 150 valence electrons. The number of sulfonamides is 1. The van der Waals surface area contributed by atoms with E-state index in [1.54, 1.807) is 31.0 Å². The van der Waals surface area contributed by atoms with Gasteiger partial charge in [0.05, 0.1) is 21.7 Å². The monoisotopic (exact) mass is 407 g/mol. The molecule has 1 amide bonds. The van der Waals surface area contributed by atoms with Crippen molar-refractivity contribution in [2.75, 3.05) is 18.4 Å². The molecule has 10 nitrogen and oxygen atoms in total. The summed E-state index contributed by atoms with van der Waals surface area (Å²) < 4.78 is 28.8. The van der Waals surface area contributed by atoms with E-state index in [0.29, 0.717) is 24.1 Å². The van der Waals surface area contributed by atoms with Crippen LogP contribution in [0.15, 0.2) is 35.5 Å². The van der Waals surface area contributed by atoms with Crippen molar-refractivity contribution in [3.05, 3.63) is 46.3 Å². The fourth-order valence-electron chi connectivity index (χ4n) is 3.21. The average molecular weight is 407 g/mol. The number of aryl methyl sites for hydroxylation is 2. The molecule has 1 aromatic carbocycles. The minimum absolute atomic E-state index is 0.0695. The minimum atomic E-state index is -3.87. The highest BCUT2D eigenvalue weighted by Crippen LogP contribution is 2.28. The fraction of sp³-hybridized carbons (Fsp3) is 0.412. The van der Waals surface area contributed by atoms with E-state index in [9.17, 15) is 23.3 Å². The number of rotatable bonds is 5. The summed E-state index contributed by atoms with van der Waals surface area (Å²) in [5, 5.41) is 17.8. The second-order valence-corrected chi connectivity index (χ2v) is 8.68. The van der Waals surface area contributed by atoms with Crippen LogP contribution < -0.4 is 5.32 Å². The third-order valence-electron chi connectivity index (χ3n) is 4.80. The van der Waals surface area contributed by atoms with Crippen molar-refractivity contribution >= 4 is 27.3 Å². The number of carbonyl (C=O) groups excluding carboxylic acids is 1. The number of nitrogens with zero attached hydrogens (tertiary/aromatic N) is 4. The summed E-state index contributed by atoms with van der Waals surface area (Å²) >= 11 is 0. The Morgan fingerprint density at radius 1 is 1.32 bits per heavy atom. The van der Waals surface area contributed by atoms with Crippen molar-refractivity contribution < 1.29 is 18.1 Å². The third kappa shape index (κ3) is 4.04. The Labute approximate surface area is 162 Å². The number of carbonyl (C=O) groups is 1. The number of nitro benzene ring substituents is 1. The second-order valence-electron chi connectivity index (χ2n) is 6.78. The van der Waals surface area contributed by atoms with Crippen LogP contribution in [0, 0.1) is 23.0 Å². The van der Waals surface area contributed by atoms with Gasteiger partial charge in [0, 0.05) is 44.4 Å². The molecule has 1 saturated heterocycles. The maximum absolute atomic E-state index is 12.9. The summed E-state index contributed by atoms with van der Waals surface area (Å²) in [7, 11) is -2.12. The van der Waals surface area contributed by atoms with Crippen LogP contribution in [-0.4, -0.2) is 46.4 Å². The summed E-state index contributed by atoms with van der Waals surface area (Å²) in [6, 6.07) is 3.80. The first kappa shape index (κ1) is 20.0. The van der Waals surface area contributed by atoms with Gasteiger partial charge in [0.25, 0.3) is 5.69 Å². The van der Waals surface area contributed by atoms with Crippen molar-refractivity contribution in [1.82, 2.24) is 14.1 Å². The SMILES string of the molecule is Cc1ccc([N+](=O)[O-])cc1S(=O)(=O)N1CCC(C(=O)Nc2cnn(C)c2)CC1. The van der Waals surface area contributed by atoms with Gasteiger partial charge in [-0.25, -0.2) is 8.42 Å². The maximum Gasteiger partial charge on any atom is 0.270 e. The molecule has 1 N–H and O–H groups in total. The standard InChI is InChI=1S/C17H21N5O5S/c1-12-3-4-15(22(24)25)9-16(12)28(26,27)21-7-5-13(6-8-21)17(23)19-14-10-18-20(2)11-14/h3-4,9-11,13H,5-8H2,1-2H3,(H,19,23). The lowest BCUT2D eigenvalue weighted by Crippen LogP contribution is -2.41. The topological polar surface area (TPSA) is 127 Å². The van der Waals surface area contributed by atoms with Crippen LogP contribution in [0.25, 0.3) is 0 Å². The number of benzene rings is 1. The van der Waals surface area contributed by atoms with Gasteiger partial charge in [-0.1, -0.05) is 6.07 Å². The van der Waals surface area contributed by atoms with Crippen molar-refractivity contribution in [3.8, 4) is 0 Å². The molecule has 1 aliphatic rings. The van der Waals surface area contributed by atoms with Crippen LogP contribution in [0.3, 0.4) is 0 Å². The molecule has 11 heteroatoms. The highest BCUT2D eigenvalue weighted by atomic mass is 32.2. The van der Waals surface area contributed by atoms with Crippen molar-refractivity contribution in [1.29, 1.82) is 0 Å². The number of anilines is 1. The summed E-state index contributed by atoms with van der Waals surface area (Å²) in [6.07, 6.45) is 3.98. The molecule has 1 fully saturated rings. The van der Waals surface area contributed by atoms with Crippen LogP contribution in [0.1, 0.15) is 18.4 Å². The van der Waals surface area contributed by atoms with Gasteiger partial charge in [0.15, 0.2) is 0 Å². The largest absolute Gasteiger partial charge is 0.323 e. The van der Waals surface area contributed by atoms with Crippen LogP contribution in [-0.2, 0) is 21.9 Å². The maximum atomic E-state index is 12.9. The quantitative estimate of drug-likeness (QED) is 0.593. The second kappa shape index (κ2) is 7.68. The lowest BCUT2D eigenvalue weighted by Gasteiger charge is -2.30. The Kier molecular flexibility index (Phi) is 5.47. The lowest BCUT2D eigenvalue weighted by atomic mass is 9.97. The van der Waals surface area contributed by atoms with Crippen molar-refractivity contribution in [2.45, 2.75) is 24.7 Å². The van der Waals surface area contributed by atoms with Crippen molar-refractivity contribution in [2.24, 2.45) is 13.0 Å². The average Bonchev–Trinajstić information content (AvgIpc) is 3.06. The number of piperidine rings is 1. The van der Waals surface area contributed by atoms with E-state index in [1.807, 2.05) is 0 Å². The van der Waals surface area contributed by atoms with E-state index >= 15 is 0 Å². The fourth-order valence-corrected chi connectivity index (χ4v) is 4.92. The summed E-state index contributed by atoms with van der Waals surface area (Å²) in [5.41, 5.74) is 0.770. The molecule has 0 atom stereocenters. The van der Waals surface area contributed by atoms with Gasteiger partial charge in [0.1, 0.15) is 0 Å². The first-order valence-electron chi connectivity index (χ1n) is 8.73. The molecule has 0 aliphatic carbocycles. The first-order valence-corrected chi connectivity index (χ1v) is 10.2. The third-order valence-corrected chi connectivity index (χ3v) is 6.84. The molecule has 2 aromatic rings. The highest BCUT2D eigenvalue weighted by molar-refractivity contribution is 7.89. The Bertz CT molecular complexity index is 1010. The molecule has 0 radical (unpaired) electrons. The Morgan fingerprint density at radius 2 is 2.00 bits per heavy atom. The zero-order valence-corrected chi connectivity index (χ0v) is 16.3. The van der Waals surface area contributed by atoms with Gasteiger partial charge < -0.3 is 5.32 Å². The van der Waals surface area contributed by atoms with Crippen LogP contribution in [0.4, 0.5) is 11.4 Å². The van der Waals surface area contributed by atoms with E-state index in [2.05, 4.69) is 10.4 Å². The molecule has 1 aliphatic heterocycles. The molecular formula is C17H21N5O5S. The highest BCUT2D eigenvalue weighted by Gasteiger charge is 2.33. The number of hydrogen-bond donors (Lipinski definition) is 1. The predicted octanol–water partition coefficient (Wildman–Crippen LogP) is 1.68. The van der Waals surface area contributed by atoms with E-state index in [-0.39, 0.29) is 35.5 Å². The normalized spacial score (nSPS) is 16.1. The Morgan fingerprint density at radius 3 is 2.57 bits per heavy atom. The van der Waals surface area contributed by atoms with Crippen LogP contribution >= 0.6 is 0 Å². The molecule has 0 bridgehead atoms. The van der Waals surface area contributed by atoms with E-state index in [0.717, 1.165) is 6.07 Å². The van der Waals surface area contributed by atoms with E-state index in [4.69, 9.17) is 0 Å². The number of nitrogens with one attached hydrogen (secondary N) is 1. The molecule has 1 aromatic heterocycles. The van der Waals surface area contributed by atoms with E-state index < -0.39 is 14.9 Å². The van der Waals surface area contributed by atoms with Crippen LogP contribution in [0.2, 0.25) is 0 Å². The van der Waals surface area contributed by atoms with Gasteiger partial charge in [-0.15, -0.1) is 0 Å². The number of nitro groups is 1. The van der Waals surface area contributed by atoms with E-state index in [1.165, 1.54) is 16.4 Å². The number of aromatic nitrogens is 2. The Hall–Kier alpha value is -2.79. The summed E-state index contributed by atoms with van der Waals surface area (Å²) in [4.78, 5) is 22.7. The van der Waals surface area contributed by atoms with Crippen LogP contribution in [0.5, 0.6) is 0 Å².